The average molecular weight is 245 g/mol. The van der Waals surface area contributed by atoms with E-state index in [0.29, 0.717) is 12.3 Å². The molecule has 0 atom stereocenters. The topological polar surface area (TPSA) is 41.1 Å². The molecule has 2 heterocycles. The Bertz CT molecular complexity index is 613. The van der Waals surface area contributed by atoms with E-state index in [2.05, 4.69) is 24.3 Å². The van der Waals surface area contributed by atoms with Crippen molar-refractivity contribution in [1.82, 2.24) is 9.38 Å². The molecule has 0 fully saturated rings. The molecule has 3 nitrogen and oxygen atoms in total. The number of hydrogen-bond acceptors (Lipinski definition) is 3. The minimum Gasteiger partial charge on any atom is -0.290 e. The summed E-state index contributed by atoms with van der Waals surface area (Å²) < 4.78 is 2.26. The molecular formula is C13H15N3S. The second kappa shape index (κ2) is 3.85. The molecule has 3 rings (SSSR count). The summed E-state index contributed by atoms with van der Waals surface area (Å²) >= 11 is 1.81. The van der Waals surface area contributed by atoms with Gasteiger partial charge in [0.1, 0.15) is 0 Å². The highest BCUT2D eigenvalue weighted by Gasteiger charge is 2.24. The maximum Gasteiger partial charge on any atom is 0.194 e. The standard InChI is InChI=1S/C13H15N3S/c1-8(2)12-10(6-7-14)16-9-4-3-5-11(9)17-13(16)15-12/h8H,3-6H2,1-2H3. The number of aryl methyl sites for hydroxylation is 2. The number of hydrogen-bond donors (Lipinski definition) is 0. The molecule has 4 heteroatoms. The van der Waals surface area contributed by atoms with Crippen LogP contribution in [0.15, 0.2) is 0 Å². The predicted octanol–water partition coefficient (Wildman–Crippen LogP) is 3.07. The second-order valence-corrected chi connectivity index (χ2v) is 5.94. The minimum atomic E-state index is 0.391. The Balaban J connectivity index is 2.28. The van der Waals surface area contributed by atoms with Crippen LogP contribution in [0.1, 0.15) is 48.1 Å². The Morgan fingerprint density at radius 3 is 3.00 bits per heavy atom. The van der Waals surface area contributed by atoms with Crippen LogP contribution < -0.4 is 0 Å². The molecule has 0 amide bonds. The molecular weight excluding hydrogens is 230 g/mol. The Morgan fingerprint density at radius 1 is 1.47 bits per heavy atom. The summed E-state index contributed by atoms with van der Waals surface area (Å²) in [6.45, 7) is 4.29. The summed E-state index contributed by atoms with van der Waals surface area (Å²) in [5.41, 5.74) is 3.64. The van der Waals surface area contributed by atoms with Crippen LogP contribution in [0.5, 0.6) is 0 Å². The largest absolute Gasteiger partial charge is 0.290 e. The first kappa shape index (κ1) is 10.8. The maximum atomic E-state index is 9.00. The third-order valence-electron chi connectivity index (χ3n) is 3.39. The van der Waals surface area contributed by atoms with Gasteiger partial charge in [-0.2, -0.15) is 5.26 Å². The van der Waals surface area contributed by atoms with Gasteiger partial charge < -0.3 is 0 Å². The molecule has 0 unspecified atom stereocenters. The molecule has 88 valence electrons. The lowest BCUT2D eigenvalue weighted by molar-refractivity contribution is 0.808. The van der Waals surface area contributed by atoms with E-state index >= 15 is 0 Å². The van der Waals surface area contributed by atoms with Crippen LogP contribution in [0.25, 0.3) is 4.96 Å². The van der Waals surface area contributed by atoms with Crippen LogP contribution in [0.4, 0.5) is 0 Å². The summed E-state index contributed by atoms with van der Waals surface area (Å²) in [5.74, 6) is 0.391. The number of aromatic nitrogens is 2. The highest BCUT2D eigenvalue weighted by atomic mass is 32.1. The maximum absolute atomic E-state index is 9.00. The van der Waals surface area contributed by atoms with Gasteiger partial charge >= 0.3 is 0 Å². The molecule has 0 N–H and O–H groups in total. The smallest absolute Gasteiger partial charge is 0.194 e. The predicted molar refractivity (Wildman–Crippen MR) is 68.5 cm³/mol. The number of rotatable bonds is 2. The van der Waals surface area contributed by atoms with Gasteiger partial charge in [-0.05, 0) is 25.2 Å². The monoisotopic (exact) mass is 245 g/mol. The van der Waals surface area contributed by atoms with Crippen LogP contribution in [0.3, 0.4) is 0 Å². The van der Waals surface area contributed by atoms with Gasteiger partial charge in [-0.25, -0.2) is 4.98 Å². The Morgan fingerprint density at radius 2 is 2.29 bits per heavy atom. The SMILES string of the molecule is CC(C)c1nc2sc3c(n2c1CC#N)CCC3. The fraction of sp³-hybridized carbons (Fsp3) is 0.538. The van der Waals surface area contributed by atoms with Gasteiger partial charge in [0.15, 0.2) is 4.96 Å². The van der Waals surface area contributed by atoms with Crippen molar-refractivity contribution in [2.45, 2.75) is 45.4 Å². The summed E-state index contributed by atoms with van der Waals surface area (Å²) in [5, 5.41) is 9.00. The van der Waals surface area contributed by atoms with Crippen LogP contribution >= 0.6 is 11.3 Å². The van der Waals surface area contributed by atoms with Crippen LogP contribution in [-0.2, 0) is 19.3 Å². The molecule has 0 radical (unpaired) electrons. The summed E-state index contributed by atoms with van der Waals surface area (Å²) in [4.78, 5) is 7.29. The van der Waals surface area contributed by atoms with E-state index in [1.54, 1.807) is 0 Å². The molecule has 0 aliphatic heterocycles. The molecule has 0 aromatic carbocycles. The lowest BCUT2D eigenvalue weighted by atomic mass is 10.1. The summed E-state index contributed by atoms with van der Waals surface area (Å²) in [6, 6.07) is 2.28. The van der Waals surface area contributed by atoms with Crippen LogP contribution in [0, 0.1) is 11.3 Å². The second-order valence-electron chi connectivity index (χ2n) is 4.88. The number of nitrogens with zero attached hydrogens (tertiary/aromatic N) is 3. The molecule has 0 spiro atoms. The lowest BCUT2D eigenvalue weighted by Gasteiger charge is -2.04. The first-order valence-electron chi connectivity index (χ1n) is 6.11. The van der Waals surface area contributed by atoms with Gasteiger partial charge in [0.05, 0.1) is 23.9 Å². The van der Waals surface area contributed by atoms with E-state index < -0.39 is 0 Å². The van der Waals surface area contributed by atoms with E-state index in [4.69, 9.17) is 10.2 Å². The van der Waals surface area contributed by atoms with Crippen molar-refractivity contribution in [2.24, 2.45) is 0 Å². The molecule has 1 aliphatic rings. The highest BCUT2D eigenvalue weighted by Crippen LogP contribution is 2.34. The summed E-state index contributed by atoms with van der Waals surface area (Å²) in [6.07, 6.45) is 4.05. The van der Waals surface area contributed by atoms with E-state index in [9.17, 15) is 0 Å². The van der Waals surface area contributed by atoms with Crippen molar-refractivity contribution in [3.63, 3.8) is 0 Å². The fourth-order valence-electron chi connectivity index (χ4n) is 2.66. The third-order valence-corrected chi connectivity index (χ3v) is 4.53. The van der Waals surface area contributed by atoms with E-state index in [1.165, 1.54) is 23.4 Å². The van der Waals surface area contributed by atoms with Crippen molar-refractivity contribution < 1.29 is 0 Å². The van der Waals surface area contributed by atoms with Gasteiger partial charge in [0, 0.05) is 10.6 Å². The molecule has 2 aromatic heterocycles. The Labute approximate surface area is 105 Å². The van der Waals surface area contributed by atoms with Gasteiger partial charge in [-0.3, -0.25) is 4.40 Å². The molecule has 17 heavy (non-hydrogen) atoms. The van der Waals surface area contributed by atoms with Gasteiger partial charge in [0.2, 0.25) is 0 Å². The third kappa shape index (κ3) is 1.49. The molecule has 0 bridgehead atoms. The van der Waals surface area contributed by atoms with Crippen molar-refractivity contribution in [1.29, 1.82) is 5.26 Å². The molecule has 0 saturated heterocycles. The Kier molecular flexibility index (Phi) is 2.44. The zero-order valence-corrected chi connectivity index (χ0v) is 11.0. The number of imidazole rings is 1. The van der Waals surface area contributed by atoms with Crippen molar-refractivity contribution >= 4 is 16.3 Å². The van der Waals surface area contributed by atoms with Crippen LogP contribution in [-0.4, -0.2) is 9.38 Å². The zero-order chi connectivity index (χ0) is 12.0. The van der Waals surface area contributed by atoms with Gasteiger partial charge in [-0.15, -0.1) is 11.3 Å². The normalized spacial score (nSPS) is 14.5. The average Bonchev–Trinajstić information content (AvgIpc) is 2.88. The highest BCUT2D eigenvalue weighted by molar-refractivity contribution is 7.17. The minimum absolute atomic E-state index is 0.391. The zero-order valence-electron chi connectivity index (χ0n) is 10.2. The van der Waals surface area contributed by atoms with Gasteiger partial charge in [0.25, 0.3) is 0 Å². The fourth-order valence-corrected chi connectivity index (χ4v) is 3.89. The Hall–Kier alpha value is -1.34. The van der Waals surface area contributed by atoms with Crippen molar-refractivity contribution in [3.8, 4) is 6.07 Å². The summed E-state index contributed by atoms with van der Waals surface area (Å²) in [7, 11) is 0. The first-order chi connectivity index (χ1) is 8.22. The first-order valence-corrected chi connectivity index (χ1v) is 6.92. The quantitative estimate of drug-likeness (QED) is 0.816. The lowest BCUT2D eigenvalue weighted by Crippen LogP contribution is -2.00. The number of nitriles is 1. The van der Waals surface area contributed by atoms with Crippen molar-refractivity contribution in [3.05, 3.63) is 22.0 Å². The van der Waals surface area contributed by atoms with Crippen molar-refractivity contribution in [2.75, 3.05) is 0 Å². The van der Waals surface area contributed by atoms with Crippen LogP contribution in [0.2, 0.25) is 0 Å². The molecule has 2 aromatic rings. The number of thiazole rings is 1. The van der Waals surface area contributed by atoms with Gasteiger partial charge in [-0.1, -0.05) is 13.8 Å². The molecule has 1 aliphatic carbocycles. The molecule has 0 saturated carbocycles. The number of fused-ring (bicyclic) bond motifs is 3. The van der Waals surface area contributed by atoms with E-state index in [-0.39, 0.29) is 0 Å². The van der Waals surface area contributed by atoms with E-state index in [0.717, 1.165) is 22.8 Å². The van der Waals surface area contributed by atoms with E-state index in [1.807, 2.05) is 11.3 Å².